The van der Waals surface area contributed by atoms with Crippen molar-refractivity contribution in [3.05, 3.63) is 35.4 Å². The van der Waals surface area contributed by atoms with Crippen LogP contribution in [0.3, 0.4) is 0 Å². The summed E-state index contributed by atoms with van der Waals surface area (Å²) in [5, 5.41) is 0. The van der Waals surface area contributed by atoms with Crippen LogP contribution in [-0.4, -0.2) is 14.2 Å². The zero-order valence-corrected chi connectivity index (χ0v) is 10.2. The first-order chi connectivity index (χ1) is 7.05. The molecule has 0 heterocycles. The average Bonchev–Trinajstić information content (AvgIpc) is 2.18. The van der Waals surface area contributed by atoms with E-state index in [2.05, 4.69) is 0 Å². The topological polar surface area (TPSA) is 34.1 Å². The normalized spacial score (nSPS) is 11.6. The number of benzene rings is 1. The van der Waals surface area contributed by atoms with E-state index in [1.54, 1.807) is 0 Å². The maximum Gasteiger partial charge on any atom is 0.154 e. The van der Waals surface area contributed by atoms with Crippen LogP contribution >= 0.6 is 0 Å². The molecule has 0 fully saturated rings. The SMILES string of the molecule is CCCCS(=O)(=O)Cc1ccccc1C. The Morgan fingerprint density at radius 1 is 1.20 bits per heavy atom. The summed E-state index contributed by atoms with van der Waals surface area (Å²) in [6, 6.07) is 7.65. The molecule has 1 rings (SSSR count). The second kappa shape index (κ2) is 5.31. The molecule has 0 unspecified atom stereocenters. The highest BCUT2D eigenvalue weighted by Crippen LogP contribution is 2.12. The highest BCUT2D eigenvalue weighted by atomic mass is 32.2. The van der Waals surface area contributed by atoms with E-state index in [-0.39, 0.29) is 5.75 Å². The van der Waals surface area contributed by atoms with Gasteiger partial charge in [0.25, 0.3) is 0 Å². The second-order valence-corrected chi connectivity index (χ2v) is 6.06. The van der Waals surface area contributed by atoms with Crippen molar-refractivity contribution in [3.63, 3.8) is 0 Å². The molecule has 0 aliphatic carbocycles. The molecular weight excluding hydrogens is 208 g/mol. The first-order valence-corrected chi connectivity index (χ1v) is 7.12. The van der Waals surface area contributed by atoms with Gasteiger partial charge in [-0.15, -0.1) is 0 Å². The third-order valence-corrected chi connectivity index (χ3v) is 4.11. The molecule has 0 saturated heterocycles. The Labute approximate surface area is 92.2 Å². The van der Waals surface area contributed by atoms with Crippen molar-refractivity contribution in [2.45, 2.75) is 32.4 Å². The molecule has 0 atom stereocenters. The monoisotopic (exact) mass is 226 g/mol. The highest BCUT2D eigenvalue weighted by molar-refractivity contribution is 7.90. The fourth-order valence-corrected chi connectivity index (χ4v) is 3.12. The number of aryl methyl sites for hydroxylation is 1. The summed E-state index contributed by atoms with van der Waals surface area (Å²) in [5.41, 5.74) is 1.98. The summed E-state index contributed by atoms with van der Waals surface area (Å²) in [7, 11) is -2.92. The van der Waals surface area contributed by atoms with Crippen LogP contribution in [-0.2, 0) is 15.6 Å². The van der Waals surface area contributed by atoms with E-state index in [1.807, 2.05) is 38.1 Å². The van der Waals surface area contributed by atoms with Crippen LogP contribution in [0.4, 0.5) is 0 Å². The molecule has 0 aliphatic rings. The molecular formula is C12H18O2S. The lowest BCUT2D eigenvalue weighted by Gasteiger charge is -2.06. The van der Waals surface area contributed by atoms with Gasteiger partial charge in [0.05, 0.1) is 11.5 Å². The predicted octanol–water partition coefficient (Wildman–Crippen LogP) is 2.71. The van der Waals surface area contributed by atoms with E-state index in [1.165, 1.54) is 0 Å². The maximum atomic E-state index is 11.7. The van der Waals surface area contributed by atoms with Crippen molar-refractivity contribution in [3.8, 4) is 0 Å². The quantitative estimate of drug-likeness (QED) is 0.773. The Kier molecular flexibility index (Phi) is 4.33. The largest absolute Gasteiger partial charge is 0.228 e. The van der Waals surface area contributed by atoms with Crippen LogP contribution in [0.2, 0.25) is 0 Å². The number of rotatable bonds is 5. The van der Waals surface area contributed by atoms with Gasteiger partial charge in [-0.3, -0.25) is 0 Å². The molecule has 0 amide bonds. The van der Waals surface area contributed by atoms with E-state index in [4.69, 9.17) is 0 Å². The van der Waals surface area contributed by atoms with Crippen molar-refractivity contribution >= 4 is 9.84 Å². The Balaban J connectivity index is 2.74. The first kappa shape index (κ1) is 12.2. The zero-order valence-electron chi connectivity index (χ0n) is 9.36. The van der Waals surface area contributed by atoms with Crippen LogP contribution in [0.25, 0.3) is 0 Å². The van der Waals surface area contributed by atoms with Crippen LogP contribution in [0.1, 0.15) is 30.9 Å². The van der Waals surface area contributed by atoms with Crippen LogP contribution in [0.15, 0.2) is 24.3 Å². The van der Waals surface area contributed by atoms with Gasteiger partial charge < -0.3 is 0 Å². The summed E-state index contributed by atoms with van der Waals surface area (Å²) in [6.45, 7) is 3.95. The van der Waals surface area contributed by atoms with Crippen molar-refractivity contribution in [2.24, 2.45) is 0 Å². The molecule has 0 aromatic heterocycles. The molecule has 0 N–H and O–H groups in total. The third kappa shape index (κ3) is 4.04. The summed E-state index contributed by atoms with van der Waals surface area (Å²) >= 11 is 0. The Morgan fingerprint density at radius 3 is 2.47 bits per heavy atom. The van der Waals surface area contributed by atoms with Gasteiger partial charge in [-0.2, -0.15) is 0 Å². The van der Waals surface area contributed by atoms with Crippen molar-refractivity contribution in [1.82, 2.24) is 0 Å². The average molecular weight is 226 g/mol. The fraction of sp³-hybridized carbons (Fsp3) is 0.500. The molecule has 1 aromatic rings. The molecule has 0 radical (unpaired) electrons. The number of hydrogen-bond acceptors (Lipinski definition) is 2. The van der Waals surface area contributed by atoms with Crippen molar-refractivity contribution in [1.29, 1.82) is 0 Å². The Hall–Kier alpha value is -0.830. The first-order valence-electron chi connectivity index (χ1n) is 5.30. The van der Waals surface area contributed by atoms with Gasteiger partial charge in [0.15, 0.2) is 9.84 Å². The summed E-state index contributed by atoms with van der Waals surface area (Å²) < 4.78 is 23.4. The van der Waals surface area contributed by atoms with Crippen LogP contribution < -0.4 is 0 Å². The van der Waals surface area contributed by atoms with Gasteiger partial charge in [0.1, 0.15) is 0 Å². The zero-order chi connectivity index (χ0) is 11.3. The molecule has 0 bridgehead atoms. The number of sulfone groups is 1. The van der Waals surface area contributed by atoms with Crippen LogP contribution in [0.5, 0.6) is 0 Å². The molecule has 15 heavy (non-hydrogen) atoms. The van der Waals surface area contributed by atoms with E-state index < -0.39 is 9.84 Å². The minimum absolute atomic E-state index is 0.180. The lowest BCUT2D eigenvalue weighted by Crippen LogP contribution is -2.09. The van der Waals surface area contributed by atoms with Gasteiger partial charge in [0, 0.05) is 0 Å². The predicted molar refractivity (Wildman–Crippen MR) is 63.6 cm³/mol. The fourth-order valence-electron chi connectivity index (χ4n) is 1.45. The highest BCUT2D eigenvalue weighted by Gasteiger charge is 2.12. The third-order valence-electron chi connectivity index (χ3n) is 2.45. The molecule has 3 heteroatoms. The summed E-state index contributed by atoms with van der Waals surface area (Å²) in [6.07, 6.45) is 1.68. The van der Waals surface area contributed by atoms with E-state index in [9.17, 15) is 8.42 Å². The maximum absolute atomic E-state index is 11.7. The minimum atomic E-state index is -2.92. The van der Waals surface area contributed by atoms with E-state index >= 15 is 0 Å². The Bertz CT molecular complexity index is 407. The van der Waals surface area contributed by atoms with Crippen molar-refractivity contribution < 1.29 is 8.42 Å². The molecule has 0 aliphatic heterocycles. The minimum Gasteiger partial charge on any atom is -0.228 e. The van der Waals surface area contributed by atoms with Gasteiger partial charge >= 0.3 is 0 Å². The molecule has 84 valence electrons. The standard InChI is InChI=1S/C12H18O2S/c1-3-4-9-15(13,14)10-12-8-6-5-7-11(12)2/h5-8H,3-4,9-10H2,1-2H3. The second-order valence-electron chi connectivity index (χ2n) is 3.87. The number of unbranched alkanes of at least 4 members (excludes halogenated alkanes) is 1. The van der Waals surface area contributed by atoms with E-state index in [0.717, 1.165) is 24.0 Å². The van der Waals surface area contributed by atoms with Crippen LogP contribution in [0, 0.1) is 6.92 Å². The lowest BCUT2D eigenvalue weighted by atomic mass is 10.1. The smallest absolute Gasteiger partial charge is 0.154 e. The van der Waals surface area contributed by atoms with Gasteiger partial charge in [-0.05, 0) is 24.5 Å². The van der Waals surface area contributed by atoms with Gasteiger partial charge in [0.2, 0.25) is 0 Å². The number of hydrogen-bond donors (Lipinski definition) is 0. The lowest BCUT2D eigenvalue weighted by molar-refractivity contribution is 0.591. The van der Waals surface area contributed by atoms with Gasteiger partial charge in [-0.1, -0.05) is 37.6 Å². The Morgan fingerprint density at radius 2 is 1.87 bits per heavy atom. The summed E-state index contributed by atoms with van der Waals surface area (Å²) in [4.78, 5) is 0. The molecule has 0 spiro atoms. The molecule has 2 nitrogen and oxygen atoms in total. The molecule has 1 aromatic carbocycles. The van der Waals surface area contributed by atoms with Crippen molar-refractivity contribution in [2.75, 3.05) is 5.75 Å². The van der Waals surface area contributed by atoms with E-state index in [0.29, 0.717) is 5.75 Å². The summed E-state index contributed by atoms with van der Waals surface area (Å²) in [5.74, 6) is 0.484. The molecule has 0 saturated carbocycles. The van der Waals surface area contributed by atoms with Gasteiger partial charge in [-0.25, -0.2) is 8.42 Å².